The van der Waals surface area contributed by atoms with Crippen LogP contribution in [-0.2, 0) is 10.2 Å². The van der Waals surface area contributed by atoms with Gasteiger partial charge in [0.2, 0.25) is 11.8 Å². The van der Waals surface area contributed by atoms with Crippen molar-refractivity contribution in [2.45, 2.75) is 89.9 Å². The van der Waals surface area contributed by atoms with E-state index in [0.717, 1.165) is 105 Å². The quantitative estimate of drug-likeness (QED) is 0.301. The molecule has 4 aliphatic carbocycles. The largest absolute Gasteiger partial charge is 0.494 e. The van der Waals surface area contributed by atoms with Gasteiger partial charge in [0.25, 0.3) is 0 Å². The lowest BCUT2D eigenvalue weighted by Crippen LogP contribution is -2.51. The van der Waals surface area contributed by atoms with Crippen molar-refractivity contribution in [2.75, 3.05) is 18.1 Å². The van der Waals surface area contributed by atoms with Crippen LogP contribution >= 0.6 is 0 Å². The summed E-state index contributed by atoms with van der Waals surface area (Å²) in [7, 11) is 0. The Balaban J connectivity index is 1.28. The summed E-state index contributed by atoms with van der Waals surface area (Å²) in [5.74, 6) is 2.87. The van der Waals surface area contributed by atoms with Crippen LogP contribution in [0.5, 0.6) is 5.75 Å². The Morgan fingerprint density at radius 3 is 2.33 bits per heavy atom. The summed E-state index contributed by atoms with van der Waals surface area (Å²) in [5, 5.41) is 4.08. The fourth-order valence-corrected chi connectivity index (χ4v) is 7.32. The molecule has 2 aromatic carbocycles. The van der Waals surface area contributed by atoms with Crippen LogP contribution in [-0.4, -0.2) is 29.2 Å². The maximum absolute atomic E-state index is 14.2. The Labute approximate surface area is 232 Å². The van der Waals surface area contributed by atoms with Crippen molar-refractivity contribution in [2.24, 2.45) is 11.3 Å². The zero-order valence-electron chi connectivity index (χ0n) is 23.5. The van der Waals surface area contributed by atoms with Crippen molar-refractivity contribution in [1.82, 2.24) is 10.1 Å². The molecule has 2 bridgehead atoms. The number of amides is 1. The highest BCUT2D eigenvalue weighted by Gasteiger charge is 2.53. The van der Waals surface area contributed by atoms with Gasteiger partial charge in [-0.2, -0.15) is 4.98 Å². The molecule has 39 heavy (non-hydrogen) atoms. The second-order valence-corrected chi connectivity index (χ2v) is 12.2. The summed E-state index contributed by atoms with van der Waals surface area (Å²) >= 11 is 0. The number of hydrogen-bond acceptors (Lipinski definition) is 5. The van der Waals surface area contributed by atoms with E-state index in [1.54, 1.807) is 0 Å². The number of carbonyl (C=O) groups is 1. The standard InChI is InChI=1S/C33H41N3O3/c1-3-38-29-14-8-12-27(22-29)26-11-7-13-28(21-26)36(30(37)25-9-5-4-6-10-25)23-32-15-18-33(19-16-32,20-17-32)31-34-24(2)35-39-31/h7-8,11-14,21-22,25H,3-6,9-10,15-20,23H2,1-2H3. The number of aromatic nitrogens is 2. The molecule has 6 heteroatoms. The van der Waals surface area contributed by atoms with Crippen molar-refractivity contribution in [3.8, 4) is 16.9 Å². The highest BCUT2D eigenvalue weighted by Crippen LogP contribution is 2.58. The summed E-state index contributed by atoms with van der Waals surface area (Å²) < 4.78 is 11.4. The molecular weight excluding hydrogens is 486 g/mol. The average molecular weight is 528 g/mol. The molecule has 4 aliphatic rings. The SMILES string of the molecule is CCOc1cccc(-c2cccc(N(CC34CCC(c5nc(C)no5)(CC3)CC4)C(=O)C3CCCCC3)c2)c1. The first-order valence-electron chi connectivity index (χ1n) is 14.9. The van der Waals surface area contributed by atoms with Crippen LogP contribution in [0.2, 0.25) is 0 Å². The average Bonchev–Trinajstić information content (AvgIpc) is 3.44. The van der Waals surface area contributed by atoms with Gasteiger partial charge in [-0.05, 0) is 106 Å². The lowest BCUT2D eigenvalue weighted by Gasteiger charge is -2.53. The van der Waals surface area contributed by atoms with Crippen LogP contribution in [0, 0.1) is 18.3 Å². The molecule has 1 amide bonds. The lowest BCUT2D eigenvalue weighted by molar-refractivity contribution is -0.124. The molecule has 4 saturated carbocycles. The molecule has 6 nitrogen and oxygen atoms in total. The Hall–Kier alpha value is -3.15. The molecule has 0 unspecified atom stereocenters. The normalized spacial score (nSPS) is 25.0. The van der Waals surface area contributed by atoms with Gasteiger partial charge in [0.1, 0.15) is 5.75 Å². The molecule has 0 N–H and O–H groups in total. The minimum Gasteiger partial charge on any atom is -0.494 e. The van der Waals surface area contributed by atoms with Gasteiger partial charge in [-0.1, -0.05) is 48.7 Å². The molecule has 7 rings (SSSR count). The maximum atomic E-state index is 14.2. The predicted molar refractivity (Wildman–Crippen MR) is 153 cm³/mol. The summed E-state index contributed by atoms with van der Waals surface area (Å²) in [4.78, 5) is 21.0. The van der Waals surface area contributed by atoms with Crippen LogP contribution in [0.1, 0.15) is 89.3 Å². The molecule has 4 fully saturated rings. The van der Waals surface area contributed by atoms with E-state index in [9.17, 15) is 4.79 Å². The van der Waals surface area contributed by atoms with Gasteiger partial charge in [0.15, 0.2) is 5.82 Å². The molecule has 1 aromatic heterocycles. The summed E-state index contributed by atoms with van der Waals surface area (Å²) in [6.45, 7) is 5.34. The minimum absolute atomic E-state index is 0.0205. The summed E-state index contributed by atoms with van der Waals surface area (Å²) in [6, 6.07) is 16.8. The maximum Gasteiger partial charge on any atom is 0.232 e. The predicted octanol–water partition coefficient (Wildman–Crippen LogP) is 7.65. The number of aryl methyl sites for hydroxylation is 1. The van der Waals surface area contributed by atoms with Gasteiger partial charge in [-0.25, -0.2) is 0 Å². The molecule has 206 valence electrons. The monoisotopic (exact) mass is 527 g/mol. The van der Waals surface area contributed by atoms with E-state index < -0.39 is 0 Å². The third-order valence-corrected chi connectivity index (χ3v) is 9.73. The smallest absolute Gasteiger partial charge is 0.232 e. The second-order valence-electron chi connectivity index (χ2n) is 12.2. The fraction of sp³-hybridized carbons (Fsp3) is 0.545. The number of carbonyl (C=O) groups excluding carboxylic acids is 1. The van der Waals surface area contributed by atoms with E-state index in [1.165, 1.54) is 6.42 Å². The van der Waals surface area contributed by atoms with Crippen molar-refractivity contribution in [3.63, 3.8) is 0 Å². The molecular formula is C33H41N3O3. The minimum atomic E-state index is 0.0205. The van der Waals surface area contributed by atoms with E-state index in [4.69, 9.17) is 9.26 Å². The van der Waals surface area contributed by atoms with Crippen LogP contribution in [0.4, 0.5) is 5.69 Å². The molecule has 0 atom stereocenters. The first-order valence-corrected chi connectivity index (χ1v) is 14.9. The molecule has 0 radical (unpaired) electrons. The van der Waals surface area contributed by atoms with Crippen LogP contribution in [0.15, 0.2) is 53.1 Å². The van der Waals surface area contributed by atoms with E-state index in [-0.39, 0.29) is 16.7 Å². The number of anilines is 1. The van der Waals surface area contributed by atoms with E-state index in [1.807, 2.05) is 26.0 Å². The highest BCUT2D eigenvalue weighted by atomic mass is 16.5. The Morgan fingerprint density at radius 2 is 1.67 bits per heavy atom. The van der Waals surface area contributed by atoms with E-state index in [2.05, 4.69) is 51.4 Å². The molecule has 0 aliphatic heterocycles. The van der Waals surface area contributed by atoms with Crippen molar-refractivity contribution in [1.29, 1.82) is 0 Å². The molecule has 0 spiro atoms. The first kappa shape index (κ1) is 26.1. The number of nitrogens with zero attached hydrogens (tertiary/aromatic N) is 3. The first-order chi connectivity index (χ1) is 19.0. The van der Waals surface area contributed by atoms with Crippen molar-refractivity contribution < 1.29 is 14.1 Å². The number of hydrogen-bond donors (Lipinski definition) is 0. The number of rotatable bonds is 8. The van der Waals surface area contributed by atoms with Gasteiger partial charge < -0.3 is 14.2 Å². The third-order valence-electron chi connectivity index (χ3n) is 9.73. The van der Waals surface area contributed by atoms with Crippen molar-refractivity contribution in [3.05, 3.63) is 60.2 Å². The van der Waals surface area contributed by atoms with Crippen LogP contribution in [0.25, 0.3) is 11.1 Å². The molecule has 1 heterocycles. The number of fused-ring (bicyclic) bond motifs is 3. The topological polar surface area (TPSA) is 68.5 Å². The zero-order valence-corrected chi connectivity index (χ0v) is 23.5. The number of ether oxygens (including phenoxy) is 1. The van der Waals surface area contributed by atoms with Gasteiger partial charge >= 0.3 is 0 Å². The van der Waals surface area contributed by atoms with Gasteiger partial charge in [-0.3, -0.25) is 4.79 Å². The fourth-order valence-electron chi connectivity index (χ4n) is 7.32. The third kappa shape index (κ3) is 5.22. The molecule has 0 saturated heterocycles. The zero-order chi connectivity index (χ0) is 26.9. The van der Waals surface area contributed by atoms with Gasteiger partial charge in [-0.15, -0.1) is 0 Å². The Kier molecular flexibility index (Phi) is 7.22. The summed E-state index contributed by atoms with van der Waals surface area (Å²) in [6.07, 6.45) is 12.1. The summed E-state index contributed by atoms with van der Waals surface area (Å²) in [5.41, 5.74) is 3.42. The Morgan fingerprint density at radius 1 is 0.974 bits per heavy atom. The Bertz CT molecular complexity index is 1280. The van der Waals surface area contributed by atoms with Crippen LogP contribution < -0.4 is 9.64 Å². The van der Waals surface area contributed by atoms with Crippen molar-refractivity contribution >= 4 is 11.6 Å². The van der Waals surface area contributed by atoms with Crippen LogP contribution in [0.3, 0.4) is 0 Å². The molecule has 3 aromatic rings. The lowest BCUT2D eigenvalue weighted by atomic mass is 9.53. The van der Waals surface area contributed by atoms with E-state index in [0.29, 0.717) is 12.5 Å². The van der Waals surface area contributed by atoms with Gasteiger partial charge in [0, 0.05) is 23.6 Å². The second kappa shape index (κ2) is 10.8. The highest BCUT2D eigenvalue weighted by molar-refractivity contribution is 5.96. The van der Waals surface area contributed by atoms with Gasteiger partial charge in [0.05, 0.1) is 6.61 Å². The van der Waals surface area contributed by atoms with E-state index >= 15 is 0 Å². The number of benzene rings is 2.